The molecule has 18 heavy (non-hydrogen) atoms. The second-order valence-electron chi connectivity index (χ2n) is 6.28. The van der Waals surface area contributed by atoms with Gasteiger partial charge in [-0.1, -0.05) is 31.5 Å². The van der Waals surface area contributed by atoms with Crippen LogP contribution in [0.15, 0.2) is 24.3 Å². The SMILES string of the molecule is Cc1ccc(NC2(C(N)=O)CCC(C)(C)C2)cc1. The first-order valence-corrected chi connectivity index (χ1v) is 6.48. The summed E-state index contributed by atoms with van der Waals surface area (Å²) in [5.41, 5.74) is 7.40. The minimum Gasteiger partial charge on any atom is -0.371 e. The molecule has 0 spiro atoms. The van der Waals surface area contributed by atoms with Crippen LogP contribution >= 0.6 is 0 Å². The van der Waals surface area contributed by atoms with Crippen molar-refractivity contribution in [2.45, 2.75) is 45.6 Å². The standard InChI is InChI=1S/C15H22N2O/c1-11-4-6-12(7-5-11)17-15(13(16)18)9-8-14(2,3)10-15/h4-7,17H,8-10H2,1-3H3,(H2,16,18). The van der Waals surface area contributed by atoms with E-state index in [9.17, 15) is 4.79 Å². The van der Waals surface area contributed by atoms with Crippen LogP contribution in [0.1, 0.15) is 38.7 Å². The van der Waals surface area contributed by atoms with Crippen molar-refractivity contribution in [3.63, 3.8) is 0 Å². The molecule has 0 radical (unpaired) electrons. The summed E-state index contributed by atoms with van der Waals surface area (Å²) in [5.74, 6) is -0.242. The Morgan fingerprint density at radius 1 is 1.22 bits per heavy atom. The van der Waals surface area contributed by atoms with E-state index < -0.39 is 5.54 Å². The second-order valence-corrected chi connectivity index (χ2v) is 6.28. The zero-order chi connectivity index (χ0) is 13.4. The molecule has 0 heterocycles. The smallest absolute Gasteiger partial charge is 0.243 e. The molecular formula is C15H22N2O. The van der Waals surface area contributed by atoms with Crippen LogP contribution in [0.5, 0.6) is 0 Å². The van der Waals surface area contributed by atoms with Gasteiger partial charge in [0.25, 0.3) is 0 Å². The molecule has 0 saturated heterocycles. The van der Waals surface area contributed by atoms with Gasteiger partial charge in [-0.15, -0.1) is 0 Å². The molecule has 1 unspecified atom stereocenters. The number of nitrogens with one attached hydrogen (secondary N) is 1. The van der Waals surface area contributed by atoms with Crippen molar-refractivity contribution in [1.82, 2.24) is 0 Å². The second kappa shape index (κ2) is 4.30. The molecule has 1 atom stereocenters. The summed E-state index contributed by atoms with van der Waals surface area (Å²) >= 11 is 0. The van der Waals surface area contributed by atoms with E-state index in [-0.39, 0.29) is 11.3 Å². The lowest BCUT2D eigenvalue weighted by molar-refractivity contribution is -0.122. The number of hydrogen-bond acceptors (Lipinski definition) is 2. The normalized spacial score (nSPS) is 25.9. The molecule has 0 bridgehead atoms. The van der Waals surface area contributed by atoms with Crippen molar-refractivity contribution in [2.24, 2.45) is 11.1 Å². The topological polar surface area (TPSA) is 55.1 Å². The Hall–Kier alpha value is -1.51. The van der Waals surface area contributed by atoms with Crippen LogP contribution in [0.2, 0.25) is 0 Å². The van der Waals surface area contributed by atoms with Crippen LogP contribution in [0.4, 0.5) is 5.69 Å². The van der Waals surface area contributed by atoms with E-state index in [2.05, 4.69) is 19.2 Å². The molecule has 1 aliphatic rings. The average Bonchev–Trinajstić information content (AvgIpc) is 2.59. The van der Waals surface area contributed by atoms with Crippen LogP contribution in [0, 0.1) is 12.3 Å². The first-order valence-electron chi connectivity index (χ1n) is 6.48. The quantitative estimate of drug-likeness (QED) is 0.861. The fourth-order valence-corrected chi connectivity index (χ4v) is 2.84. The summed E-state index contributed by atoms with van der Waals surface area (Å²) < 4.78 is 0. The third kappa shape index (κ3) is 2.50. The highest BCUT2D eigenvalue weighted by Crippen LogP contribution is 2.45. The van der Waals surface area contributed by atoms with Crippen molar-refractivity contribution in [3.05, 3.63) is 29.8 Å². The Bertz CT molecular complexity index is 450. The highest BCUT2D eigenvalue weighted by Gasteiger charge is 2.47. The van der Waals surface area contributed by atoms with Crippen molar-refractivity contribution in [3.8, 4) is 0 Å². The lowest BCUT2D eigenvalue weighted by Gasteiger charge is -2.30. The summed E-state index contributed by atoms with van der Waals surface area (Å²) in [4.78, 5) is 11.8. The fraction of sp³-hybridized carbons (Fsp3) is 0.533. The Morgan fingerprint density at radius 3 is 2.28 bits per heavy atom. The molecule has 98 valence electrons. The third-order valence-electron chi connectivity index (χ3n) is 3.92. The highest BCUT2D eigenvalue weighted by molar-refractivity contribution is 5.88. The van der Waals surface area contributed by atoms with Gasteiger partial charge < -0.3 is 11.1 Å². The maximum atomic E-state index is 11.8. The minimum absolute atomic E-state index is 0.173. The van der Waals surface area contributed by atoms with Gasteiger partial charge in [0, 0.05) is 5.69 Å². The molecule has 3 nitrogen and oxygen atoms in total. The summed E-state index contributed by atoms with van der Waals surface area (Å²) in [5, 5.41) is 3.36. The molecule has 1 amide bonds. The molecule has 1 aliphatic carbocycles. The van der Waals surface area contributed by atoms with Crippen molar-refractivity contribution in [1.29, 1.82) is 0 Å². The molecular weight excluding hydrogens is 224 g/mol. The maximum absolute atomic E-state index is 11.8. The van der Waals surface area contributed by atoms with Crippen molar-refractivity contribution in [2.75, 3.05) is 5.32 Å². The monoisotopic (exact) mass is 246 g/mol. The Balaban J connectivity index is 2.23. The molecule has 0 aromatic heterocycles. The first-order chi connectivity index (χ1) is 8.33. The zero-order valence-corrected chi connectivity index (χ0v) is 11.4. The van der Waals surface area contributed by atoms with Crippen molar-refractivity contribution >= 4 is 11.6 Å². The minimum atomic E-state index is -0.585. The third-order valence-corrected chi connectivity index (χ3v) is 3.92. The molecule has 1 saturated carbocycles. The van der Waals surface area contributed by atoms with Gasteiger partial charge in [-0.25, -0.2) is 0 Å². The molecule has 2 rings (SSSR count). The average molecular weight is 246 g/mol. The van der Waals surface area contributed by atoms with Crippen LogP contribution in [0.25, 0.3) is 0 Å². The van der Waals surface area contributed by atoms with Gasteiger partial charge >= 0.3 is 0 Å². The lowest BCUT2D eigenvalue weighted by atomic mass is 9.87. The predicted molar refractivity (Wildman–Crippen MR) is 74.4 cm³/mol. The van der Waals surface area contributed by atoms with Gasteiger partial charge in [-0.3, -0.25) is 4.79 Å². The number of rotatable bonds is 3. The van der Waals surface area contributed by atoms with Gasteiger partial charge in [0.1, 0.15) is 5.54 Å². The number of benzene rings is 1. The number of carbonyl (C=O) groups excluding carboxylic acids is 1. The summed E-state index contributed by atoms with van der Waals surface area (Å²) in [6.07, 6.45) is 2.63. The van der Waals surface area contributed by atoms with Crippen molar-refractivity contribution < 1.29 is 4.79 Å². The van der Waals surface area contributed by atoms with E-state index in [0.717, 1.165) is 24.9 Å². The van der Waals surface area contributed by atoms with Crippen LogP contribution in [-0.4, -0.2) is 11.4 Å². The van der Waals surface area contributed by atoms with Crippen LogP contribution in [-0.2, 0) is 4.79 Å². The number of amides is 1. The molecule has 1 aromatic rings. The Kier molecular flexibility index (Phi) is 3.09. The number of nitrogens with two attached hydrogens (primary N) is 1. The molecule has 3 heteroatoms. The summed E-state index contributed by atoms with van der Waals surface area (Å²) in [6, 6.07) is 8.09. The van der Waals surface area contributed by atoms with Gasteiger partial charge in [-0.05, 0) is 43.7 Å². The Morgan fingerprint density at radius 2 is 1.83 bits per heavy atom. The maximum Gasteiger partial charge on any atom is 0.243 e. The van der Waals surface area contributed by atoms with E-state index >= 15 is 0 Å². The molecule has 3 N–H and O–H groups in total. The van der Waals surface area contributed by atoms with Gasteiger partial charge in [-0.2, -0.15) is 0 Å². The number of anilines is 1. The fourth-order valence-electron chi connectivity index (χ4n) is 2.84. The van der Waals surface area contributed by atoms with Crippen LogP contribution in [0.3, 0.4) is 0 Å². The number of carbonyl (C=O) groups is 1. The van der Waals surface area contributed by atoms with E-state index in [4.69, 9.17) is 5.73 Å². The van der Waals surface area contributed by atoms with Gasteiger partial charge in [0.15, 0.2) is 0 Å². The van der Waals surface area contributed by atoms with Gasteiger partial charge in [0.2, 0.25) is 5.91 Å². The zero-order valence-electron chi connectivity index (χ0n) is 11.4. The highest BCUT2D eigenvalue weighted by atomic mass is 16.1. The molecule has 1 fully saturated rings. The van der Waals surface area contributed by atoms with Crippen LogP contribution < -0.4 is 11.1 Å². The molecule has 1 aromatic carbocycles. The van der Waals surface area contributed by atoms with E-state index in [1.807, 2.05) is 31.2 Å². The van der Waals surface area contributed by atoms with E-state index in [1.54, 1.807) is 0 Å². The molecule has 0 aliphatic heterocycles. The van der Waals surface area contributed by atoms with E-state index in [1.165, 1.54) is 5.56 Å². The first kappa shape index (κ1) is 12.9. The number of aryl methyl sites for hydroxylation is 1. The number of primary amides is 1. The summed E-state index contributed by atoms with van der Waals surface area (Å²) in [7, 11) is 0. The number of hydrogen-bond donors (Lipinski definition) is 2. The van der Waals surface area contributed by atoms with E-state index in [0.29, 0.717) is 0 Å². The Labute approximate surface area is 109 Å². The lowest BCUT2D eigenvalue weighted by Crippen LogP contribution is -2.49. The van der Waals surface area contributed by atoms with Gasteiger partial charge in [0.05, 0.1) is 0 Å². The predicted octanol–water partition coefficient (Wildman–Crippen LogP) is 2.84. The largest absolute Gasteiger partial charge is 0.371 e. The summed E-state index contributed by atoms with van der Waals surface area (Å²) in [6.45, 7) is 6.43.